The van der Waals surface area contributed by atoms with Gasteiger partial charge in [-0.05, 0) is 76.7 Å². The van der Waals surface area contributed by atoms with Crippen molar-refractivity contribution in [3.8, 4) is 12.5 Å². The quantitative estimate of drug-likeness (QED) is 0.240. The van der Waals surface area contributed by atoms with Crippen LogP contribution in [-0.2, 0) is 23.9 Å². The van der Waals surface area contributed by atoms with Crippen LogP contribution in [0.15, 0.2) is 18.2 Å². The molecule has 3 amide bonds. The van der Waals surface area contributed by atoms with E-state index in [1.54, 1.807) is 39.8 Å². The van der Waals surface area contributed by atoms with E-state index in [0.29, 0.717) is 11.3 Å². The van der Waals surface area contributed by atoms with Crippen LogP contribution in [0.3, 0.4) is 0 Å². The van der Waals surface area contributed by atoms with E-state index >= 15 is 0 Å². The molecule has 0 aliphatic rings. The van der Waals surface area contributed by atoms with Gasteiger partial charge in [-0.3, -0.25) is 19.3 Å². The molecule has 10 heteroatoms. The number of hydrogen-bond donors (Lipinski definition) is 2. The number of nitrogens with one attached hydrogen (secondary N) is 2. The molecule has 204 valence electrons. The third-order valence-corrected chi connectivity index (χ3v) is 6.00. The highest BCUT2D eigenvalue weighted by Gasteiger charge is 2.36. The van der Waals surface area contributed by atoms with Crippen LogP contribution in [0.25, 0.3) is 0 Å². The Labute approximate surface area is 224 Å². The molecule has 0 heterocycles. The number of esters is 1. The highest BCUT2D eigenvalue weighted by molar-refractivity contribution is 7.98. The third kappa shape index (κ3) is 10.4. The van der Waals surface area contributed by atoms with E-state index in [1.165, 1.54) is 11.8 Å². The summed E-state index contributed by atoms with van der Waals surface area (Å²) in [5, 5.41) is 5.31. The summed E-state index contributed by atoms with van der Waals surface area (Å²) >= 11 is 1.50. The standard InChI is InChI=1S/C27H39N3O6S/c1-9-30(25(33)21(15-17-37-8)29-26(34)36-27(5,6)7)23(20-13-11-12-18(3)19(20)4)24(32)28-16-14-22(31)35-10-2/h1,11-13,21,23H,10,14-17H2,2-8H3,(H,28,32)(H,29,34). The number of hydrogen-bond acceptors (Lipinski definition) is 7. The number of carbonyl (C=O) groups is 4. The molecule has 0 aliphatic carbocycles. The zero-order valence-corrected chi connectivity index (χ0v) is 23.6. The maximum absolute atomic E-state index is 13.7. The zero-order valence-electron chi connectivity index (χ0n) is 22.8. The number of nitrogens with zero attached hydrogens (tertiary/aromatic N) is 1. The molecule has 0 aliphatic heterocycles. The van der Waals surface area contributed by atoms with Gasteiger partial charge in [-0.25, -0.2) is 4.79 Å². The number of ether oxygens (including phenoxy) is 2. The smallest absolute Gasteiger partial charge is 0.408 e. The molecule has 2 atom stereocenters. The monoisotopic (exact) mass is 533 g/mol. The van der Waals surface area contributed by atoms with Crippen molar-refractivity contribution in [1.29, 1.82) is 0 Å². The van der Waals surface area contributed by atoms with Gasteiger partial charge in [0, 0.05) is 12.6 Å². The molecular formula is C27H39N3O6S. The van der Waals surface area contributed by atoms with Crippen LogP contribution in [-0.4, -0.2) is 65.6 Å². The van der Waals surface area contributed by atoms with Gasteiger partial charge in [0.05, 0.1) is 13.0 Å². The van der Waals surface area contributed by atoms with Crippen LogP contribution in [0.2, 0.25) is 0 Å². The van der Waals surface area contributed by atoms with Crippen LogP contribution in [0.4, 0.5) is 4.79 Å². The third-order valence-electron chi connectivity index (χ3n) is 5.36. The lowest BCUT2D eigenvalue weighted by atomic mass is 9.95. The molecule has 0 fully saturated rings. The molecule has 0 saturated heterocycles. The van der Waals surface area contributed by atoms with Crippen LogP contribution in [0, 0.1) is 26.3 Å². The Morgan fingerprint density at radius 3 is 2.43 bits per heavy atom. The maximum atomic E-state index is 13.7. The Balaban J connectivity index is 3.35. The largest absolute Gasteiger partial charge is 0.466 e. The molecular weight excluding hydrogens is 494 g/mol. The van der Waals surface area contributed by atoms with Crippen LogP contribution in [0.1, 0.15) is 63.3 Å². The Bertz CT molecular complexity index is 999. The molecule has 1 aromatic rings. The second-order valence-electron chi connectivity index (χ2n) is 9.36. The number of amides is 3. The van der Waals surface area contributed by atoms with Gasteiger partial charge >= 0.3 is 12.1 Å². The fourth-order valence-electron chi connectivity index (χ4n) is 3.46. The number of benzene rings is 1. The molecule has 9 nitrogen and oxygen atoms in total. The van der Waals surface area contributed by atoms with Crippen molar-refractivity contribution in [2.75, 3.05) is 25.2 Å². The van der Waals surface area contributed by atoms with E-state index < -0.39 is 41.6 Å². The van der Waals surface area contributed by atoms with Gasteiger partial charge < -0.3 is 20.1 Å². The van der Waals surface area contributed by atoms with Crippen LogP contribution < -0.4 is 10.6 Å². The van der Waals surface area contributed by atoms with Crippen molar-refractivity contribution in [2.45, 2.75) is 72.1 Å². The maximum Gasteiger partial charge on any atom is 0.408 e. The predicted octanol–water partition coefficient (Wildman–Crippen LogP) is 3.48. The summed E-state index contributed by atoms with van der Waals surface area (Å²) in [6.45, 7) is 10.8. The van der Waals surface area contributed by atoms with Gasteiger partial charge in [-0.15, -0.1) is 0 Å². The first-order valence-electron chi connectivity index (χ1n) is 12.1. The number of rotatable bonds is 12. The topological polar surface area (TPSA) is 114 Å². The molecule has 2 unspecified atom stereocenters. The first-order valence-corrected chi connectivity index (χ1v) is 13.5. The lowest BCUT2D eigenvalue weighted by Crippen LogP contribution is -2.52. The summed E-state index contributed by atoms with van der Waals surface area (Å²) in [4.78, 5) is 52.4. The lowest BCUT2D eigenvalue weighted by Gasteiger charge is -2.31. The minimum Gasteiger partial charge on any atom is -0.466 e. The van der Waals surface area contributed by atoms with Crippen molar-refractivity contribution in [3.63, 3.8) is 0 Å². The zero-order chi connectivity index (χ0) is 28.2. The van der Waals surface area contributed by atoms with E-state index in [9.17, 15) is 19.2 Å². The van der Waals surface area contributed by atoms with E-state index in [0.717, 1.165) is 16.0 Å². The molecule has 0 radical (unpaired) electrons. The first kappa shape index (κ1) is 31.8. The Hall–Kier alpha value is -3.19. The van der Waals surface area contributed by atoms with Crippen LogP contribution >= 0.6 is 11.8 Å². The van der Waals surface area contributed by atoms with Gasteiger partial charge in [0.1, 0.15) is 17.7 Å². The van der Waals surface area contributed by atoms with Crippen molar-refractivity contribution in [2.24, 2.45) is 0 Å². The summed E-state index contributed by atoms with van der Waals surface area (Å²) in [6, 6.07) is 5.56. The molecule has 0 spiro atoms. The minimum atomic E-state index is -1.18. The predicted molar refractivity (Wildman–Crippen MR) is 145 cm³/mol. The van der Waals surface area contributed by atoms with E-state index in [2.05, 4.69) is 16.7 Å². The summed E-state index contributed by atoms with van der Waals surface area (Å²) in [5.74, 6) is -1.06. The Kier molecular flexibility index (Phi) is 13.0. The van der Waals surface area contributed by atoms with Gasteiger partial charge in [0.15, 0.2) is 0 Å². The number of carbonyl (C=O) groups excluding carboxylic acids is 4. The molecule has 37 heavy (non-hydrogen) atoms. The minimum absolute atomic E-state index is 0.0116. The summed E-state index contributed by atoms with van der Waals surface area (Å²) in [5.41, 5.74) is 1.49. The van der Waals surface area contributed by atoms with Crippen molar-refractivity contribution < 1.29 is 28.7 Å². The van der Waals surface area contributed by atoms with Crippen molar-refractivity contribution in [3.05, 3.63) is 34.9 Å². The first-order chi connectivity index (χ1) is 17.4. The van der Waals surface area contributed by atoms with Gasteiger partial charge in [0.2, 0.25) is 5.91 Å². The second-order valence-corrected chi connectivity index (χ2v) is 10.3. The number of thioether (sulfide) groups is 1. The summed E-state index contributed by atoms with van der Waals surface area (Å²) in [6.07, 6.45) is 7.18. The molecule has 1 rings (SSSR count). The van der Waals surface area contributed by atoms with Crippen molar-refractivity contribution >= 4 is 35.6 Å². The molecule has 2 N–H and O–H groups in total. The highest BCUT2D eigenvalue weighted by atomic mass is 32.2. The normalized spacial score (nSPS) is 12.5. The number of aryl methyl sites for hydroxylation is 1. The fraction of sp³-hybridized carbons (Fsp3) is 0.556. The summed E-state index contributed by atoms with van der Waals surface area (Å²) < 4.78 is 10.2. The summed E-state index contributed by atoms with van der Waals surface area (Å²) in [7, 11) is 0. The second kappa shape index (κ2) is 15.2. The van der Waals surface area contributed by atoms with E-state index in [-0.39, 0.29) is 26.0 Å². The van der Waals surface area contributed by atoms with Gasteiger partial charge in [-0.2, -0.15) is 11.8 Å². The highest BCUT2D eigenvalue weighted by Crippen LogP contribution is 2.27. The average molecular weight is 534 g/mol. The molecule has 0 bridgehead atoms. The Morgan fingerprint density at radius 2 is 1.86 bits per heavy atom. The molecule has 0 saturated carbocycles. The van der Waals surface area contributed by atoms with Crippen molar-refractivity contribution in [1.82, 2.24) is 15.5 Å². The number of alkyl carbamates (subject to hydrolysis) is 1. The number of terminal acetylenes is 1. The average Bonchev–Trinajstić information content (AvgIpc) is 2.80. The SMILES string of the molecule is C#CN(C(=O)C(CCSC)NC(=O)OC(C)(C)C)C(C(=O)NCCC(=O)OCC)c1cccc(C)c1C. The van der Waals surface area contributed by atoms with Crippen LogP contribution in [0.5, 0.6) is 0 Å². The van der Waals surface area contributed by atoms with E-state index in [4.69, 9.17) is 15.9 Å². The molecule has 1 aromatic carbocycles. The van der Waals surface area contributed by atoms with Gasteiger partial charge in [0.25, 0.3) is 5.91 Å². The van der Waals surface area contributed by atoms with Gasteiger partial charge in [-0.1, -0.05) is 24.6 Å². The van der Waals surface area contributed by atoms with E-state index in [1.807, 2.05) is 26.2 Å². The Morgan fingerprint density at radius 1 is 1.19 bits per heavy atom. The lowest BCUT2D eigenvalue weighted by molar-refractivity contribution is -0.143. The fourth-order valence-corrected chi connectivity index (χ4v) is 3.93. The molecule has 0 aromatic heterocycles.